The molecule has 10 heteroatoms. The van der Waals surface area contributed by atoms with E-state index in [0.717, 1.165) is 31.3 Å². The molecule has 0 spiro atoms. The van der Waals surface area contributed by atoms with Crippen molar-refractivity contribution in [3.8, 4) is 5.75 Å². The van der Waals surface area contributed by atoms with Crippen LogP contribution in [0.4, 0.5) is 18.9 Å². The molecule has 0 unspecified atom stereocenters. The van der Waals surface area contributed by atoms with Gasteiger partial charge >= 0.3 is 6.36 Å². The Morgan fingerprint density at radius 1 is 1.24 bits per heavy atom. The minimum atomic E-state index is -4.97. The van der Waals surface area contributed by atoms with Gasteiger partial charge < -0.3 is 24.9 Å². The summed E-state index contributed by atoms with van der Waals surface area (Å²) in [5.74, 6) is -2.83. The summed E-state index contributed by atoms with van der Waals surface area (Å²) in [5, 5.41) is 13.2. The molecule has 7 nitrogen and oxygen atoms in total. The van der Waals surface area contributed by atoms with Gasteiger partial charge in [0.15, 0.2) is 5.75 Å². The molecule has 0 saturated carbocycles. The molecule has 1 heterocycles. The predicted molar refractivity (Wildman–Crippen MR) is 80.0 cm³/mol. The van der Waals surface area contributed by atoms with Crippen LogP contribution in [-0.2, 0) is 4.79 Å². The smallest absolute Gasteiger partial charge is 0.545 e. The summed E-state index contributed by atoms with van der Waals surface area (Å²) in [6.07, 6.45) is -4.97. The fourth-order valence-electron chi connectivity index (χ4n) is 2.37. The molecule has 0 radical (unpaired) electrons. The predicted octanol–water partition coefficient (Wildman–Crippen LogP) is 0.135. The molecule has 25 heavy (non-hydrogen) atoms. The number of hydrogen-bond acceptors (Lipinski definition) is 6. The molecule has 0 aromatic heterocycles. The van der Waals surface area contributed by atoms with Crippen LogP contribution in [0.25, 0.3) is 0 Å². The van der Waals surface area contributed by atoms with Gasteiger partial charge in [0, 0.05) is 26.2 Å². The summed E-state index contributed by atoms with van der Waals surface area (Å²) < 4.78 is 41.2. The molecule has 1 aromatic carbocycles. The van der Waals surface area contributed by atoms with Crippen LogP contribution in [0.1, 0.15) is 10.4 Å². The molecule has 0 atom stereocenters. The fourth-order valence-corrected chi connectivity index (χ4v) is 2.37. The van der Waals surface area contributed by atoms with E-state index in [-0.39, 0.29) is 17.8 Å². The van der Waals surface area contributed by atoms with E-state index in [4.69, 9.17) is 0 Å². The number of piperazine rings is 1. The summed E-state index contributed by atoms with van der Waals surface area (Å²) in [6.45, 7) is 2.82. The Morgan fingerprint density at radius 2 is 1.88 bits per heavy atom. The Bertz CT molecular complexity index is 643. The number of rotatable bonds is 5. The van der Waals surface area contributed by atoms with Gasteiger partial charge in [-0.25, -0.2) is 0 Å². The molecule has 138 valence electrons. The summed E-state index contributed by atoms with van der Waals surface area (Å²) in [6, 6.07) is 2.61. The van der Waals surface area contributed by atoms with Crippen LogP contribution < -0.4 is 15.2 Å². The summed E-state index contributed by atoms with van der Waals surface area (Å²) in [4.78, 5) is 26.9. The SMILES string of the molecule is CN1CCN(CC(=O)Nc2cc(C(=O)[O-])ccc2OC(F)(F)F)CC1. The number of nitrogens with one attached hydrogen (secondary N) is 1. The minimum Gasteiger partial charge on any atom is -0.545 e. The number of carbonyl (C=O) groups is 2. The average molecular weight is 360 g/mol. The number of carboxylic acid groups (broad SMARTS) is 1. The van der Waals surface area contributed by atoms with Crippen molar-refractivity contribution in [2.45, 2.75) is 6.36 Å². The Hall–Kier alpha value is -2.33. The van der Waals surface area contributed by atoms with Crippen LogP contribution in [0, 0.1) is 0 Å². The third-order valence-electron chi connectivity index (χ3n) is 3.68. The van der Waals surface area contributed by atoms with Crippen LogP contribution >= 0.6 is 0 Å². The fraction of sp³-hybridized carbons (Fsp3) is 0.467. The van der Waals surface area contributed by atoms with Crippen LogP contribution in [0.5, 0.6) is 5.75 Å². The molecule has 1 saturated heterocycles. The van der Waals surface area contributed by atoms with E-state index in [2.05, 4.69) is 15.0 Å². The molecule has 1 N–H and O–H groups in total. The second-order valence-electron chi connectivity index (χ2n) is 5.67. The lowest BCUT2D eigenvalue weighted by molar-refractivity contribution is -0.274. The van der Waals surface area contributed by atoms with Crippen molar-refractivity contribution < 1.29 is 32.6 Å². The zero-order valence-corrected chi connectivity index (χ0v) is 13.4. The van der Waals surface area contributed by atoms with E-state index in [1.165, 1.54) is 0 Å². The number of carbonyl (C=O) groups excluding carboxylic acids is 2. The Morgan fingerprint density at radius 3 is 2.44 bits per heavy atom. The number of hydrogen-bond donors (Lipinski definition) is 1. The maximum Gasteiger partial charge on any atom is 0.573 e. The lowest BCUT2D eigenvalue weighted by Crippen LogP contribution is -2.47. The van der Waals surface area contributed by atoms with Gasteiger partial charge in [0.25, 0.3) is 0 Å². The zero-order chi connectivity index (χ0) is 18.6. The van der Waals surface area contributed by atoms with Crippen molar-refractivity contribution in [1.82, 2.24) is 9.80 Å². The van der Waals surface area contributed by atoms with Gasteiger partial charge in [-0.1, -0.05) is 0 Å². The highest BCUT2D eigenvalue weighted by atomic mass is 19.4. The molecule has 2 rings (SSSR count). The van der Waals surface area contributed by atoms with Crippen LogP contribution in [0.2, 0.25) is 0 Å². The summed E-state index contributed by atoms with van der Waals surface area (Å²) >= 11 is 0. The lowest BCUT2D eigenvalue weighted by atomic mass is 10.2. The van der Waals surface area contributed by atoms with E-state index >= 15 is 0 Å². The molecule has 0 aliphatic carbocycles. The van der Waals surface area contributed by atoms with E-state index in [0.29, 0.717) is 13.1 Å². The van der Waals surface area contributed by atoms with Crippen molar-refractivity contribution in [3.05, 3.63) is 23.8 Å². The Balaban J connectivity index is 2.10. The molecular formula is C15H17F3N3O4-. The van der Waals surface area contributed by atoms with Crippen molar-refractivity contribution in [1.29, 1.82) is 0 Å². The van der Waals surface area contributed by atoms with Gasteiger partial charge in [-0.3, -0.25) is 9.69 Å². The summed E-state index contributed by atoms with van der Waals surface area (Å²) in [7, 11) is 1.95. The summed E-state index contributed by atoms with van der Waals surface area (Å²) in [5.41, 5.74) is -0.748. The molecule has 1 aliphatic rings. The average Bonchev–Trinajstić information content (AvgIpc) is 2.49. The van der Waals surface area contributed by atoms with Crippen LogP contribution in [0.15, 0.2) is 18.2 Å². The topological polar surface area (TPSA) is 84.9 Å². The number of nitrogens with zero attached hydrogens (tertiary/aromatic N) is 2. The maximum absolute atomic E-state index is 12.5. The first kappa shape index (κ1) is 19.0. The standard InChI is InChI=1S/C15H18F3N3O4/c1-20-4-6-21(7-5-20)9-13(22)19-11-8-10(14(23)24)2-3-12(11)25-15(16,17)18/h2-3,8H,4-7,9H2,1H3,(H,19,22)(H,23,24)/p-1. The first-order chi connectivity index (χ1) is 11.6. The van der Waals surface area contributed by atoms with E-state index in [9.17, 15) is 27.9 Å². The Labute approximate surface area is 142 Å². The van der Waals surface area contributed by atoms with Gasteiger partial charge in [-0.05, 0) is 30.8 Å². The molecule has 0 bridgehead atoms. The lowest BCUT2D eigenvalue weighted by Gasteiger charge is -2.31. The number of halogens is 3. The maximum atomic E-state index is 12.5. The number of amides is 1. The zero-order valence-electron chi connectivity index (χ0n) is 13.4. The second kappa shape index (κ2) is 7.70. The first-order valence-corrected chi connectivity index (χ1v) is 7.46. The van der Waals surface area contributed by atoms with E-state index in [1.54, 1.807) is 0 Å². The van der Waals surface area contributed by atoms with E-state index < -0.39 is 24.0 Å². The molecule has 1 aliphatic heterocycles. The highest BCUT2D eigenvalue weighted by Crippen LogP contribution is 2.31. The number of carboxylic acids is 1. The molecular weight excluding hydrogens is 343 g/mol. The van der Waals surface area contributed by atoms with Crippen molar-refractivity contribution in [2.24, 2.45) is 0 Å². The monoisotopic (exact) mass is 360 g/mol. The van der Waals surface area contributed by atoms with Gasteiger partial charge in [0.05, 0.1) is 18.2 Å². The van der Waals surface area contributed by atoms with Crippen LogP contribution in [0.3, 0.4) is 0 Å². The Kier molecular flexibility index (Phi) is 5.85. The van der Waals surface area contributed by atoms with E-state index in [1.807, 2.05) is 11.9 Å². The second-order valence-corrected chi connectivity index (χ2v) is 5.67. The van der Waals surface area contributed by atoms with Gasteiger partial charge in [-0.15, -0.1) is 13.2 Å². The minimum absolute atomic E-state index is 0.0190. The number of benzene rings is 1. The number of likely N-dealkylation sites (N-methyl/N-ethyl adjacent to an activating group) is 1. The normalized spacial score (nSPS) is 16.5. The number of aromatic carboxylic acids is 1. The third-order valence-corrected chi connectivity index (χ3v) is 3.68. The number of anilines is 1. The molecule has 1 amide bonds. The van der Waals surface area contributed by atoms with Gasteiger partial charge in [0.1, 0.15) is 0 Å². The first-order valence-electron chi connectivity index (χ1n) is 7.46. The van der Waals surface area contributed by atoms with Crippen molar-refractivity contribution in [3.63, 3.8) is 0 Å². The van der Waals surface area contributed by atoms with Crippen molar-refractivity contribution in [2.75, 3.05) is 45.1 Å². The highest BCUT2D eigenvalue weighted by Gasteiger charge is 2.32. The largest absolute Gasteiger partial charge is 0.573 e. The highest BCUT2D eigenvalue weighted by molar-refractivity contribution is 5.96. The van der Waals surface area contributed by atoms with Gasteiger partial charge in [-0.2, -0.15) is 0 Å². The number of ether oxygens (including phenoxy) is 1. The third kappa shape index (κ3) is 5.91. The van der Waals surface area contributed by atoms with Crippen LogP contribution in [-0.4, -0.2) is 67.8 Å². The van der Waals surface area contributed by atoms with Gasteiger partial charge in [0.2, 0.25) is 5.91 Å². The molecule has 1 aromatic rings. The quantitative estimate of drug-likeness (QED) is 0.804. The number of alkyl halides is 3. The van der Waals surface area contributed by atoms with Crippen molar-refractivity contribution >= 4 is 17.6 Å². The molecule has 1 fully saturated rings.